The number of ether oxygens (including phenoxy) is 1. The molecule has 1 heterocycles. The van der Waals surface area contributed by atoms with Crippen molar-refractivity contribution in [1.82, 2.24) is 21.3 Å². The molecule has 1 aliphatic heterocycles. The van der Waals surface area contributed by atoms with E-state index in [9.17, 15) is 24.0 Å². The lowest BCUT2D eigenvalue weighted by atomic mass is 9.84. The number of Topliss-reactive ketones (excluding diaryl/α,β-unsaturated/α-hetero) is 1. The molecular formula is C37H44Cl2N4O6. The molecule has 1 unspecified atom stereocenters. The topological polar surface area (TPSA) is 143 Å². The van der Waals surface area contributed by atoms with E-state index in [1.165, 1.54) is 0 Å². The normalized spacial score (nSPS) is 21.8. The Morgan fingerprint density at radius 2 is 1.57 bits per heavy atom. The molecule has 262 valence electrons. The summed E-state index contributed by atoms with van der Waals surface area (Å²) in [6.07, 6.45) is 7.45. The van der Waals surface area contributed by atoms with Gasteiger partial charge in [0.25, 0.3) is 5.91 Å². The average molecular weight is 712 g/mol. The first-order valence-electron chi connectivity index (χ1n) is 17.5. The van der Waals surface area contributed by atoms with Crippen LogP contribution in [0.25, 0.3) is 0 Å². The van der Waals surface area contributed by atoms with E-state index in [1.807, 2.05) is 24.3 Å². The number of benzene rings is 2. The van der Waals surface area contributed by atoms with Gasteiger partial charge >= 0.3 is 6.09 Å². The number of ketones is 1. The van der Waals surface area contributed by atoms with E-state index in [0.29, 0.717) is 29.4 Å². The van der Waals surface area contributed by atoms with Crippen molar-refractivity contribution < 1.29 is 28.7 Å². The Morgan fingerprint density at radius 3 is 2.20 bits per heavy atom. The highest BCUT2D eigenvalue weighted by Gasteiger charge is 2.54. The summed E-state index contributed by atoms with van der Waals surface area (Å²) in [7, 11) is 0. The van der Waals surface area contributed by atoms with Gasteiger partial charge in [0.05, 0.1) is 6.04 Å². The molecule has 0 spiro atoms. The van der Waals surface area contributed by atoms with Gasteiger partial charge in [-0.25, -0.2) is 4.79 Å². The van der Waals surface area contributed by atoms with Gasteiger partial charge in [0.2, 0.25) is 17.6 Å². The van der Waals surface area contributed by atoms with Crippen molar-refractivity contribution in [3.63, 3.8) is 0 Å². The van der Waals surface area contributed by atoms with Crippen molar-refractivity contribution in [3.05, 3.63) is 69.7 Å². The lowest BCUT2D eigenvalue weighted by Crippen LogP contribution is -2.55. The van der Waals surface area contributed by atoms with E-state index in [0.717, 1.165) is 68.9 Å². The van der Waals surface area contributed by atoms with Crippen LogP contribution in [0.2, 0.25) is 10.0 Å². The van der Waals surface area contributed by atoms with Gasteiger partial charge in [-0.3, -0.25) is 19.2 Å². The zero-order chi connectivity index (χ0) is 34.5. The molecule has 4 atom stereocenters. The minimum atomic E-state index is -1.22. The van der Waals surface area contributed by atoms with Gasteiger partial charge in [-0.15, -0.1) is 0 Å². The fourth-order valence-electron chi connectivity index (χ4n) is 7.38. The number of carbonyl (C=O) groups is 5. The van der Waals surface area contributed by atoms with Crippen molar-refractivity contribution in [2.24, 2.45) is 11.8 Å². The molecule has 0 aromatic heterocycles. The number of carbonyl (C=O) groups excluding carboxylic acids is 5. The Kier molecular flexibility index (Phi) is 11.1. The fourth-order valence-corrected chi connectivity index (χ4v) is 7.77. The van der Waals surface area contributed by atoms with Crippen molar-refractivity contribution in [3.8, 4) is 0 Å². The van der Waals surface area contributed by atoms with E-state index < -0.39 is 53.2 Å². The van der Waals surface area contributed by atoms with Crippen LogP contribution in [0.1, 0.15) is 94.3 Å². The van der Waals surface area contributed by atoms with Crippen LogP contribution < -0.4 is 21.3 Å². The van der Waals surface area contributed by atoms with Gasteiger partial charge in [-0.05, 0) is 86.3 Å². The van der Waals surface area contributed by atoms with Crippen LogP contribution in [0.5, 0.6) is 0 Å². The van der Waals surface area contributed by atoms with Gasteiger partial charge in [-0.1, -0.05) is 79.6 Å². The summed E-state index contributed by atoms with van der Waals surface area (Å²) in [6, 6.07) is 12.4. The van der Waals surface area contributed by atoms with E-state index >= 15 is 0 Å². The van der Waals surface area contributed by atoms with Gasteiger partial charge in [-0.2, -0.15) is 0 Å². The van der Waals surface area contributed by atoms with Crippen LogP contribution in [0.3, 0.4) is 0 Å². The maximum atomic E-state index is 14.1. The highest BCUT2D eigenvalue weighted by Crippen LogP contribution is 2.58. The Hall–Kier alpha value is -3.63. The average Bonchev–Trinajstić information content (AvgIpc) is 4.02. The largest absolute Gasteiger partial charge is 0.440 e. The molecule has 4 fully saturated rings. The van der Waals surface area contributed by atoms with E-state index in [-0.39, 0.29) is 24.3 Å². The third-order valence-corrected chi connectivity index (χ3v) is 10.9. The summed E-state index contributed by atoms with van der Waals surface area (Å²) in [5, 5.41) is 12.1. The number of amides is 4. The predicted octanol–water partition coefficient (Wildman–Crippen LogP) is 5.69. The fraction of sp³-hybridized carbons (Fsp3) is 0.541. The molecule has 49 heavy (non-hydrogen) atoms. The highest BCUT2D eigenvalue weighted by atomic mass is 35.5. The van der Waals surface area contributed by atoms with Gasteiger partial charge < -0.3 is 26.0 Å². The molecule has 0 radical (unpaired) electrons. The number of nitrogens with one attached hydrogen (secondary N) is 4. The maximum Gasteiger partial charge on any atom is 0.408 e. The second-order valence-corrected chi connectivity index (χ2v) is 15.0. The minimum absolute atomic E-state index is 0.00587. The molecule has 6 rings (SSSR count). The molecule has 2 aromatic carbocycles. The molecule has 1 saturated heterocycles. The molecule has 2 aromatic rings. The van der Waals surface area contributed by atoms with Crippen molar-refractivity contribution in [1.29, 1.82) is 0 Å². The summed E-state index contributed by atoms with van der Waals surface area (Å²) >= 11 is 12.8. The zero-order valence-corrected chi connectivity index (χ0v) is 29.0. The summed E-state index contributed by atoms with van der Waals surface area (Å²) in [4.78, 5) is 66.6. The van der Waals surface area contributed by atoms with E-state index in [1.54, 1.807) is 24.3 Å². The number of halogens is 2. The van der Waals surface area contributed by atoms with Crippen LogP contribution in [0.4, 0.5) is 4.79 Å². The van der Waals surface area contributed by atoms with Crippen LogP contribution in [-0.2, 0) is 29.3 Å². The molecular weight excluding hydrogens is 667 g/mol. The van der Waals surface area contributed by atoms with E-state index in [2.05, 4.69) is 21.3 Å². The van der Waals surface area contributed by atoms with E-state index in [4.69, 9.17) is 27.9 Å². The number of hydrogen-bond acceptors (Lipinski definition) is 6. The lowest BCUT2D eigenvalue weighted by molar-refractivity contribution is -0.141. The van der Waals surface area contributed by atoms with Crippen LogP contribution >= 0.6 is 23.2 Å². The minimum Gasteiger partial charge on any atom is -0.440 e. The molecule has 12 heteroatoms. The lowest BCUT2D eigenvalue weighted by Gasteiger charge is -2.31. The van der Waals surface area contributed by atoms with Crippen LogP contribution in [-0.4, -0.2) is 54.3 Å². The molecule has 10 nitrogen and oxygen atoms in total. The Balaban J connectivity index is 1.23. The SMILES string of the molecule is O=C(N[C@@H](CC1CCCCC1)C(=O)N[C@@H](C[C@@H]1CCNC1=O)C(=O)C(=O)NC1CC1)OC(c1cccc(Cl)c1)C1(c2cccc(Cl)c2)CC1. The van der Waals surface area contributed by atoms with Gasteiger partial charge in [0, 0.05) is 34.0 Å². The molecule has 0 bridgehead atoms. The number of hydrogen-bond donors (Lipinski definition) is 4. The Bertz CT molecular complexity index is 1570. The van der Waals surface area contributed by atoms with Crippen LogP contribution in [0.15, 0.2) is 48.5 Å². The van der Waals surface area contributed by atoms with Crippen LogP contribution in [0, 0.1) is 11.8 Å². The molecule has 4 aliphatic rings. The third-order valence-electron chi connectivity index (χ3n) is 10.4. The second kappa shape index (κ2) is 15.5. The Labute approximate surface area is 296 Å². The molecule has 4 N–H and O–H groups in total. The summed E-state index contributed by atoms with van der Waals surface area (Å²) in [6.45, 7) is 0.467. The number of rotatable bonds is 14. The van der Waals surface area contributed by atoms with Gasteiger partial charge in [0.1, 0.15) is 12.1 Å². The first-order chi connectivity index (χ1) is 23.6. The van der Waals surface area contributed by atoms with Crippen molar-refractivity contribution in [2.75, 3.05) is 6.54 Å². The summed E-state index contributed by atoms with van der Waals surface area (Å²) in [5.74, 6) is -2.70. The first-order valence-corrected chi connectivity index (χ1v) is 18.3. The highest BCUT2D eigenvalue weighted by molar-refractivity contribution is 6.38. The third kappa shape index (κ3) is 8.94. The first kappa shape index (κ1) is 35.2. The quantitative estimate of drug-likeness (QED) is 0.186. The Morgan fingerprint density at radius 1 is 0.857 bits per heavy atom. The molecule has 3 aliphatic carbocycles. The standard InChI is InChI=1S/C37H44Cl2N4O6/c38-26-10-4-8-23(19-26)32(37(15-16-37)25-9-5-11-27(39)21-25)49-36(48)43-30(18-22-6-2-1-3-7-22)34(46)42-29(20-24-14-17-40-33(24)45)31(44)35(47)41-28-12-13-28/h4-5,8-11,19,21-22,24,28-30,32H,1-3,6-7,12-18,20H2,(H,40,45)(H,41,47)(H,42,46)(H,43,48)/t24-,29-,30-,32?/m0/s1. The monoisotopic (exact) mass is 710 g/mol. The zero-order valence-electron chi connectivity index (χ0n) is 27.5. The maximum absolute atomic E-state index is 14.1. The van der Waals surface area contributed by atoms with Gasteiger partial charge in [0.15, 0.2) is 0 Å². The summed E-state index contributed by atoms with van der Waals surface area (Å²) in [5.41, 5.74) is 1.13. The number of alkyl carbamates (subject to hydrolysis) is 1. The predicted molar refractivity (Wildman–Crippen MR) is 185 cm³/mol. The smallest absolute Gasteiger partial charge is 0.408 e. The molecule has 3 saturated carbocycles. The summed E-state index contributed by atoms with van der Waals surface area (Å²) < 4.78 is 6.23. The second-order valence-electron chi connectivity index (χ2n) is 14.1. The van der Waals surface area contributed by atoms with Crippen molar-refractivity contribution in [2.45, 2.75) is 107 Å². The van der Waals surface area contributed by atoms with Crippen molar-refractivity contribution >= 4 is 52.8 Å². The molecule has 4 amide bonds.